The normalized spacial score (nSPS) is 10.2. The molecule has 0 aliphatic carbocycles. The van der Waals surface area contributed by atoms with E-state index in [0.717, 1.165) is 4.47 Å². The van der Waals surface area contributed by atoms with E-state index in [4.69, 9.17) is 10.5 Å². The Balaban J connectivity index is 2.07. The Kier molecular flexibility index (Phi) is 3.64. The number of nitrogens with two attached hydrogens (primary N) is 1. The molecule has 0 unspecified atom stereocenters. The van der Waals surface area contributed by atoms with Crippen molar-refractivity contribution in [2.24, 2.45) is 0 Å². The molecule has 2 rings (SSSR count). The quantitative estimate of drug-likeness (QED) is 0.875. The lowest BCUT2D eigenvalue weighted by Crippen LogP contribution is -1.98. The Morgan fingerprint density at radius 2 is 1.82 bits per heavy atom. The van der Waals surface area contributed by atoms with Gasteiger partial charge in [-0.15, -0.1) is 0 Å². The maximum atomic E-state index is 13.4. The van der Waals surface area contributed by atoms with E-state index < -0.39 is 0 Å². The van der Waals surface area contributed by atoms with Gasteiger partial charge in [0.25, 0.3) is 0 Å². The lowest BCUT2D eigenvalue weighted by molar-refractivity contribution is 0.300. The second-order valence-electron chi connectivity index (χ2n) is 3.59. The molecule has 0 spiro atoms. The molecule has 17 heavy (non-hydrogen) atoms. The highest BCUT2D eigenvalue weighted by molar-refractivity contribution is 9.10. The number of halogens is 2. The van der Waals surface area contributed by atoms with E-state index in [2.05, 4.69) is 15.9 Å². The van der Waals surface area contributed by atoms with Crippen molar-refractivity contribution < 1.29 is 9.13 Å². The summed E-state index contributed by atoms with van der Waals surface area (Å²) in [6.45, 7) is 0.190. The molecular formula is C13H11BrFNO. The van der Waals surface area contributed by atoms with Gasteiger partial charge in [-0.25, -0.2) is 4.39 Å². The summed E-state index contributed by atoms with van der Waals surface area (Å²) in [6, 6.07) is 11.8. The average Bonchev–Trinajstić information content (AvgIpc) is 2.32. The molecule has 0 saturated carbocycles. The van der Waals surface area contributed by atoms with Crippen LogP contribution in [0.15, 0.2) is 46.9 Å². The van der Waals surface area contributed by atoms with Crippen LogP contribution in [0.25, 0.3) is 0 Å². The molecule has 0 aromatic heterocycles. The van der Waals surface area contributed by atoms with Crippen molar-refractivity contribution in [2.45, 2.75) is 6.61 Å². The van der Waals surface area contributed by atoms with E-state index in [0.29, 0.717) is 17.0 Å². The van der Waals surface area contributed by atoms with Crippen LogP contribution in [0.2, 0.25) is 0 Å². The lowest BCUT2D eigenvalue weighted by atomic mass is 10.2. The summed E-state index contributed by atoms with van der Waals surface area (Å²) in [5, 5.41) is 0. The summed E-state index contributed by atoms with van der Waals surface area (Å²) in [5.74, 6) is 0.391. The van der Waals surface area contributed by atoms with Gasteiger partial charge in [-0.1, -0.05) is 15.9 Å². The van der Waals surface area contributed by atoms with E-state index in [-0.39, 0.29) is 12.4 Å². The van der Waals surface area contributed by atoms with Gasteiger partial charge in [-0.05, 0) is 42.5 Å². The minimum atomic E-state index is -0.274. The third-order valence-electron chi connectivity index (χ3n) is 2.28. The fourth-order valence-electron chi connectivity index (χ4n) is 1.38. The number of nitrogen functional groups attached to an aromatic ring is 1. The number of ether oxygens (including phenoxy) is 1. The van der Waals surface area contributed by atoms with Crippen LogP contribution >= 0.6 is 15.9 Å². The molecule has 0 aliphatic rings. The maximum absolute atomic E-state index is 13.4. The molecule has 2 N–H and O–H groups in total. The predicted molar refractivity (Wildman–Crippen MR) is 69.3 cm³/mol. The zero-order valence-corrected chi connectivity index (χ0v) is 10.6. The second kappa shape index (κ2) is 5.19. The van der Waals surface area contributed by atoms with E-state index >= 15 is 0 Å². The SMILES string of the molecule is Nc1ccc(OCc2cc(Br)ccc2F)cc1. The standard InChI is InChI=1S/C13H11BrFNO/c14-10-1-6-13(15)9(7-10)8-17-12-4-2-11(16)3-5-12/h1-7H,8,16H2. The Morgan fingerprint density at radius 3 is 2.53 bits per heavy atom. The number of hydrogen-bond donors (Lipinski definition) is 1. The molecule has 2 aromatic rings. The zero-order valence-electron chi connectivity index (χ0n) is 8.99. The number of benzene rings is 2. The summed E-state index contributed by atoms with van der Waals surface area (Å²) in [7, 11) is 0. The summed E-state index contributed by atoms with van der Waals surface area (Å²) in [6.07, 6.45) is 0. The van der Waals surface area contributed by atoms with E-state index in [1.165, 1.54) is 6.07 Å². The molecule has 88 valence electrons. The van der Waals surface area contributed by atoms with Gasteiger partial charge in [-0.3, -0.25) is 0 Å². The predicted octanol–water partition coefficient (Wildman–Crippen LogP) is 3.75. The fourth-order valence-corrected chi connectivity index (χ4v) is 1.79. The Bertz CT molecular complexity index is 513. The van der Waals surface area contributed by atoms with Crippen molar-refractivity contribution in [1.82, 2.24) is 0 Å². The first-order valence-electron chi connectivity index (χ1n) is 5.07. The number of hydrogen-bond acceptors (Lipinski definition) is 2. The van der Waals surface area contributed by atoms with Gasteiger partial charge in [0.15, 0.2) is 0 Å². The van der Waals surface area contributed by atoms with Crippen LogP contribution in [0.3, 0.4) is 0 Å². The first-order valence-corrected chi connectivity index (χ1v) is 5.87. The fraction of sp³-hybridized carbons (Fsp3) is 0.0769. The third-order valence-corrected chi connectivity index (χ3v) is 2.78. The first-order chi connectivity index (χ1) is 8.15. The van der Waals surface area contributed by atoms with Gasteiger partial charge in [0, 0.05) is 15.7 Å². The van der Waals surface area contributed by atoms with Crippen LogP contribution in [-0.2, 0) is 6.61 Å². The van der Waals surface area contributed by atoms with E-state index in [1.807, 2.05) is 0 Å². The van der Waals surface area contributed by atoms with Crippen molar-refractivity contribution in [2.75, 3.05) is 5.73 Å². The topological polar surface area (TPSA) is 35.2 Å². The Hall–Kier alpha value is -1.55. The summed E-state index contributed by atoms with van der Waals surface area (Å²) in [5.41, 5.74) is 6.74. The van der Waals surface area contributed by atoms with E-state index in [9.17, 15) is 4.39 Å². The van der Waals surface area contributed by atoms with Gasteiger partial charge in [0.2, 0.25) is 0 Å². The third kappa shape index (κ3) is 3.20. The van der Waals surface area contributed by atoms with Gasteiger partial charge < -0.3 is 10.5 Å². The minimum absolute atomic E-state index is 0.190. The highest BCUT2D eigenvalue weighted by atomic mass is 79.9. The largest absolute Gasteiger partial charge is 0.489 e. The molecule has 0 atom stereocenters. The molecule has 2 nitrogen and oxygen atoms in total. The maximum Gasteiger partial charge on any atom is 0.129 e. The van der Waals surface area contributed by atoms with Crippen LogP contribution in [0.1, 0.15) is 5.56 Å². The molecule has 0 aliphatic heterocycles. The van der Waals surface area contributed by atoms with Crippen molar-refractivity contribution in [3.8, 4) is 5.75 Å². The molecule has 0 fully saturated rings. The van der Waals surface area contributed by atoms with E-state index in [1.54, 1.807) is 36.4 Å². The summed E-state index contributed by atoms with van der Waals surface area (Å²) in [4.78, 5) is 0. The molecule has 4 heteroatoms. The van der Waals surface area contributed by atoms with Crippen molar-refractivity contribution >= 4 is 21.6 Å². The highest BCUT2D eigenvalue weighted by Gasteiger charge is 2.03. The first kappa shape index (κ1) is 11.9. The Morgan fingerprint density at radius 1 is 1.12 bits per heavy atom. The average molecular weight is 296 g/mol. The smallest absolute Gasteiger partial charge is 0.129 e. The lowest BCUT2D eigenvalue weighted by Gasteiger charge is -2.07. The molecular weight excluding hydrogens is 285 g/mol. The van der Waals surface area contributed by atoms with Crippen LogP contribution in [0.4, 0.5) is 10.1 Å². The Labute approximate surface area is 107 Å². The van der Waals surface area contributed by atoms with Gasteiger partial charge in [0.05, 0.1) is 0 Å². The van der Waals surface area contributed by atoms with Crippen LogP contribution in [-0.4, -0.2) is 0 Å². The minimum Gasteiger partial charge on any atom is -0.489 e. The zero-order chi connectivity index (χ0) is 12.3. The summed E-state index contributed by atoms with van der Waals surface area (Å²) >= 11 is 3.29. The van der Waals surface area contributed by atoms with Crippen LogP contribution in [0.5, 0.6) is 5.75 Å². The van der Waals surface area contributed by atoms with Gasteiger partial charge in [-0.2, -0.15) is 0 Å². The van der Waals surface area contributed by atoms with Crippen molar-refractivity contribution in [1.29, 1.82) is 0 Å². The molecule has 2 aromatic carbocycles. The number of anilines is 1. The summed E-state index contributed by atoms with van der Waals surface area (Å²) < 4.78 is 19.7. The molecule has 0 radical (unpaired) electrons. The van der Waals surface area contributed by atoms with Crippen LogP contribution in [0, 0.1) is 5.82 Å². The molecule has 0 amide bonds. The van der Waals surface area contributed by atoms with Crippen molar-refractivity contribution in [3.05, 3.63) is 58.3 Å². The number of rotatable bonds is 3. The molecule has 0 bridgehead atoms. The molecule has 0 saturated heterocycles. The highest BCUT2D eigenvalue weighted by Crippen LogP contribution is 2.19. The van der Waals surface area contributed by atoms with Gasteiger partial charge >= 0.3 is 0 Å². The monoisotopic (exact) mass is 295 g/mol. The molecule has 0 heterocycles. The van der Waals surface area contributed by atoms with Gasteiger partial charge in [0.1, 0.15) is 18.2 Å². The second-order valence-corrected chi connectivity index (χ2v) is 4.51. The van der Waals surface area contributed by atoms with Crippen LogP contribution < -0.4 is 10.5 Å². The van der Waals surface area contributed by atoms with Crippen molar-refractivity contribution in [3.63, 3.8) is 0 Å².